The van der Waals surface area contributed by atoms with Crippen LogP contribution in [0.25, 0.3) is 0 Å². The molecule has 3 heteroatoms. The van der Waals surface area contributed by atoms with Crippen molar-refractivity contribution in [2.75, 3.05) is 0 Å². The van der Waals surface area contributed by atoms with Crippen molar-refractivity contribution in [3.8, 4) is 0 Å². The number of aromatic nitrogens is 1. The Bertz CT molecular complexity index is 224. The van der Waals surface area contributed by atoms with Crippen molar-refractivity contribution in [3.63, 3.8) is 0 Å². The summed E-state index contributed by atoms with van der Waals surface area (Å²) in [6.07, 6.45) is 1.76. The van der Waals surface area contributed by atoms with Gasteiger partial charge < -0.3 is 0 Å². The summed E-state index contributed by atoms with van der Waals surface area (Å²) in [7, 11) is 0. The lowest BCUT2D eigenvalue weighted by atomic mass is 10.3. The van der Waals surface area contributed by atoms with Gasteiger partial charge in [0, 0.05) is 9.77 Å². The molecule has 1 aromatic rings. The second-order valence-corrected chi connectivity index (χ2v) is 3.31. The van der Waals surface area contributed by atoms with Crippen molar-refractivity contribution in [2.45, 2.75) is 6.92 Å². The Kier molecular flexibility index (Phi) is 2.29. The molecule has 0 amide bonds. The van der Waals surface area contributed by atoms with Gasteiger partial charge in [-0.3, -0.25) is 0 Å². The molecule has 1 rings (SSSR count). The molecular weight excluding hydrogens is 248 g/mol. The predicted octanol–water partition coefficient (Wildman–Crippen LogP) is 2.65. The zero-order valence-corrected chi connectivity index (χ0v) is 7.77. The van der Waals surface area contributed by atoms with E-state index in [1.807, 2.05) is 13.0 Å². The normalized spacial score (nSPS) is 9.67. The monoisotopic (exact) mass is 253 g/mol. The fourth-order valence-corrected chi connectivity index (χ4v) is 1.01. The average molecular weight is 253 g/mol. The average Bonchev–Trinajstić information content (AvgIpc) is 1.80. The minimum absolute atomic E-state index is 0.563. The molecule has 0 spiro atoms. The van der Waals surface area contributed by atoms with Crippen LogP contribution in [0.3, 0.4) is 0 Å². The standard InChI is InChI=1S/C6H5ClIN/c1-4-2-6(7)9-3-5(4)8/h2-3H,1H3. The van der Waals surface area contributed by atoms with E-state index in [0.717, 1.165) is 3.57 Å². The fourth-order valence-electron chi connectivity index (χ4n) is 0.505. The highest BCUT2D eigenvalue weighted by atomic mass is 127. The van der Waals surface area contributed by atoms with Crippen LogP contribution in [-0.2, 0) is 0 Å². The van der Waals surface area contributed by atoms with Crippen molar-refractivity contribution in [1.29, 1.82) is 0 Å². The van der Waals surface area contributed by atoms with Crippen LogP contribution < -0.4 is 0 Å². The third-order valence-corrected chi connectivity index (χ3v) is 2.35. The lowest BCUT2D eigenvalue weighted by Gasteiger charge is -1.94. The van der Waals surface area contributed by atoms with Gasteiger partial charge in [0.25, 0.3) is 0 Å². The molecule has 0 bridgehead atoms. The van der Waals surface area contributed by atoms with Gasteiger partial charge in [0.1, 0.15) is 5.15 Å². The first-order chi connectivity index (χ1) is 4.20. The Morgan fingerprint density at radius 2 is 2.33 bits per heavy atom. The minimum atomic E-state index is 0.563. The largest absolute Gasteiger partial charge is 0.243 e. The Hall–Kier alpha value is 0.170. The van der Waals surface area contributed by atoms with E-state index in [4.69, 9.17) is 11.6 Å². The van der Waals surface area contributed by atoms with Crippen LogP contribution in [0.5, 0.6) is 0 Å². The second kappa shape index (κ2) is 2.84. The van der Waals surface area contributed by atoms with Crippen molar-refractivity contribution in [2.24, 2.45) is 0 Å². The summed E-state index contributed by atoms with van der Waals surface area (Å²) in [5.74, 6) is 0. The number of halogens is 2. The number of aryl methyl sites for hydroxylation is 1. The molecule has 0 radical (unpaired) electrons. The van der Waals surface area contributed by atoms with E-state index in [9.17, 15) is 0 Å². The van der Waals surface area contributed by atoms with Crippen molar-refractivity contribution in [1.82, 2.24) is 4.98 Å². The molecule has 0 atom stereocenters. The molecule has 0 aliphatic carbocycles. The molecule has 0 fully saturated rings. The van der Waals surface area contributed by atoms with E-state index in [1.54, 1.807) is 6.20 Å². The van der Waals surface area contributed by atoms with Gasteiger partial charge >= 0.3 is 0 Å². The smallest absolute Gasteiger partial charge is 0.129 e. The predicted molar refractivity (Wildman–Crippen MR) is 46.7 cm³/mol. The number of pyridine rings is 1. The molecular formula is C6H5ClIN. The highest BCUT2D eigenvalue weighted by Gasteiger charge is 1.93. The molecule has 0 saturated carbocycles. The number of nitrogens with zero attached hydrogens (tertiary/aromatic N) is 1. The molecule has 0 aromatic carbocycles. The fraction of sp³-hybridized carbons (Fsp3) is 0.167. The minimum Gasteiger partial charge on any atom is -0.243 e. The Morgan fingerprint density at radius 1 is 1.67 bits per heavy atom. The van der Waals surface area contributed by atoms with Gasteiger partial charge in [0.05, 0.1) is 0 Å². The van der Waals surface area contributed by atoms with E-state index < -0.39 is 0 Å². The van der Waals surface area contributed by atoms with Crippen LogP contribution in [0.1, 0.15) is 5.56 Å². The summed E-state index contributed by atoms with van der Waals surface area (Å²) in [6, 6.07) is 1.85. The van der Waals surface area contributed by atoms with Crippen molar-refractivity contribution in [3.05, 3.63) is 26.5 Å². The molecule has 48 valence electrons. The molecule has 1 aromatic heterocycles. The van der Waals surface area contributed by atoms with Crippen LogP contribution >= 0.6 is 34.2 Å². The van der Waals surface area contributed by atoms with Crippen LogP contribution in [-0.4, -0.2) is 4.98 Å². The quantitative estimate of drug-likeness (QED) is 0.512. The van der Waals surface area contributed by atoms with E-state index >= 15 is 0 Å². The van der Waals surface area contributed by atoms with E-state index in [1.165, 1.54) is 5.56 Å². The van der Waals surface area contributed by atoms with Crippen molar-refractivity contribution >= 4 is 34.2 Å². The van der Waals surface area contributed by atoms with Crippen molar-refractivity contribution < 1.29 is 0 Å². The Balaban J connectivity index is 3.17. The molecule has 0 aliphatic heterocycles. The summed E-state index contributed by atoms with van der Waals surface area (Å²) in [6.45, 7) is 2.01. The Morgan fingerprint density at radius 3 is 2.78 bits per heavy atom. The summed E-state index contributed by atoms with van der Waals surface area (Å²) in [5, 5.41) is 0.563. The molecule has 0 saturated heterocycles. The number of rotatable bonds is 0. The summed E-state index contributed by atoms with van der Waals surface area (Å²) < 4.78 is 1.15. The molecule has 9 heavy (non-hydrogen) atoms. The molecule has 1 heterocycles. The maximum absolute atomic E-state index is 5.60. The van der Waals surface area contributed by atoms with Gasteiger partial charge in [0.2, 0.25) is 0 Å². The summed E-state index contributed by atoms with van der Waals surface area (Å²) in [5.41, 5.74) is 1.18. The maximum atomic E-state index is 5.60. The van der Waals surface area contributed by atoms with Crippen LogP contribution in [0, 0.1) is 10.5 Å². The zero-order valence-electron chi connectivity index (χ0n) is 4.86. The third kappa shape index (κ3) is 1.79. The molecule has 0 aliphatic rings. The Labute approximate surface area is 72.6 Å². The maximum Gasteiger partial charge on any atom is 0.129 e. The molecule has 1 nitrogen and oxygen atoms in total. The second-order valence-electron chi connectivity index (χ2n) is 1.76. The van der Waals surface area contributed by atoms with Gasteiger partial charge in [-0.2, -0.15) is 0 Å². The van der Waals surface area contributed by atoms with Crippen LogP contribution in [0.4, 0.5) is 0 Å². The van der Waals surface area contributed by atoms with Crippen LogP contribution in [0.2, 0.25) is 5.15 Å². The van der Waals surface area contributed by atoms with Crippen LogP contribution in [0.15, 0.2) is 12.3 Å². The zero-order chi connectivity index (χ0) is 6.85. The van der Waals surface area contributed by atoms with Gasteiger partial charge in [0.15, 0.2) is 0 Å². The van der Waals surface area contributed by atoms with E-state index in [0.29, 0.717) is 5.15 Å². The van der Waals surface area contributed by atoms with E-state index in [-0.39, 0.29) is 0 Å². The van der Waals surface area contributed by atoms with Gasteiger partial charge in [-0.15, -0.1) is 0 Å². The highest BCUT2D eigenvalue weighted by Crippen LogP contribution is 2.12. The number of hydrogen-bond acceptors (Lipinski definition) is 1. The molecule has 0 unspecified atom stereocenters. The molecule has 0 N–H and O–H groups in total. The first kappa shape index (κ1) is 7.28. The first-order valence-corrected chi connectivity index (χ1v) is 3.93. The van der Waals surface area contributed by atoms with Gasteiger partial charge in [-0.1, -0.05) is 11.6 Å². The van der Waals surface area contributed by atoms with Gasteiger partial charge in [-0.25, -0.2) is 4.98 Å². The lowest BCUT2D eigenvalue weighted by molar-refractivity contribution is 1.26. The highest BCUT2D eigenvalue weighted by molar-refractivity contribution is 14.1. The summed E-state index contributed by atoms with van der Waals surface area (Å²) >= 11 is 7.82. The topological polar surface area (TPSA) is 12.9 Å². The van der Waals surface area contributed by atoms with Gasteiger partial charge in [-0.05, 0) is 41.1 Å². The lowest BCUT2D eigenvalue weighted by Crippen LogP contribution is -1.81. The number of hydrogen-bond donors (Lipinski definition) is 0. The first-order valence-electron chi connectivity index (χ1n) is 2.48. The third-order valence-electron chi connectivity index (χ3n) is 1.01. The summed E-state index contributed by atoms with van der Waals surface area (Å²) in [4.78, 5) is 3.90. The van der Waals surface area contributed by atoms with E-state index in [2.05, 4.69) is 27.6 Å². The SMILES string of the molecule is Cc1cc(Cl)ncc1I.